The maximum Gasteiger partial charge on any atom is 0.0756 e. The Morgan fingerprint density at radius 1 is 0.174 bits per heavy atom. The van der Waals surface area contributed by atoms with E-state index >= 15 is 0 Å². The lowest BCUT2D eigenvalue weighted by Crippen LogP contribution is -2.33. The van der Waals surface area contributed by atoms with Gasteiger partial charge in [0.25, 0.3) is 0 Å². The number of para-hydroxylation sites is 15. The number of hydrogen-bond donors (Lipinski definition) is 1. The average Bonchev–Trinajstić information content (AvgIpc) is 1.48. The lowest BCUT2D eigenvalue weighted by molar-refractivity contribution is 0.747. The fourth-order valence-electron chi connectivity index (χ4n) is 25.0. The van der Waals surface area contributed by atoms with Crippen LogP contribution in [-0.4, -0.2) is 22.8 Å². The predicted octanol–water partition coefficient (Wildman–Crippen LogP) is 36.1. The first-order chi connectivity index (χ1) is 71.3. The Bertz CT molecular complexity index is 9630. The van der Waals surface area contributed by atoms with Crippen molar-refractivity contribution >= 4 is 186 Å². The normalized spacial score (nSPS) is 12.9. The van der Waals surface area contributed by atoms with E-state index < -0.39 is 10.8 Å². The molecule has 10 heteroatoms. The van der Waals surface area contributed by atoms with Crippen LogP contribution in [0, 0.1) is 0 Å². The zero-order valence-corrected chi connectivity index (χ0v) is 81.1. The van der Waals surface area contributed by atoms with Crippen molar-refractivity contribution in [1.29, 1.82) is 0 Å². The SMILES string of the molecule is Brc1ccc2c(c1)C1(c3cc(Br)ccc3-2)c2ccccc2-n2c3ccccc3c3cccc1c32.c1ccc(N(c2ccc3c(c2)C2(c4cc(N(c5ccccc5)c5ccc6c(c5)c5ccccc5n6-c5ccccc5)ccc4-3)c3ccccc3-n3c4ccccc4c4cccc2c43)c2ccc3c(c2)c2ccccc2n3-c2ccccc2)cc1.c1ccc(Nc2ccc3c(c2)c2ccccc2n3-c2ccccc2)cc1. The van der Waals surface area contributed by atoms with E-state index in [1.807, 2.05) is 18.2 Å². The van der Waals surface area contributed by atoms with E-state index in [1.54, 1.807) is 0 Å². The van der Waals surface area contributed by atoms with E-state index in [9.17, 15) is 0 Å². The van der Waals surface area contributed by atoms with Crippen LogP contribution in [0.4, 0.5) is 45.5 Å². The van der Waals surface area contributed by atoms with Crippen molar-refractivity contribution in [3.05, 3.63) is 569 Å². The molecule has 2 aliphatic carbocycles. The van der Waals surface area contributed by atoms with E-state index in [0.29, 0.717) is 0 Å². The molecule has 7 heterocycles. The van der Waals surface area contributed by atoms with E-state index in [4.69, 9.17) is 0 Å². The molecular formula is C134H86Br2N8. The number of nitrogens with zero attached hydrogens (tertiary/aromatic N) is 7. The number of anilines is 8. The van der Waals surface area contributed by atoms with Crippen molar-refractivity contribution in [3.63, 3.8) is 0 Å². The molecule has 144 heavy (non-hydrogen) atoms. The molecule has 5 aromatic heterocycles. The molecule has 2 spiro atoms. The van der Waals surface area contributed by atoms with Gasteiger partial charge in [0.15, 0.2) is 0 Å². The van der Waals surface area contributed by atoms with Crippen LogP contribution >= 0.6 is 31.9 Å². The third kappa shape index (κ3) is 12.4. The van der Waals surface area contributed by atoms with Gasteiger partial charge >= 0.3 is 0 Å². The van der Waals surface area contributed by atoms with Gasteiger partial charge in [-0.15, -0.1) is 0 Å². The molecule has 4 aliphatic rings. The Morgan fingerprint density at radius 3 is 0.847 bits per heavy atom. The van der Waals surface area contributed by atoms with Gasteiger partial charge in [-0.05, 0) is 285 Å². The summed E-state index contributed by atoms with van der Waals surface area (Å²) in [5.74, 6) is 0. The first-order valence-electron chi connectivity index (χ1n) is 49.2. The summed E-state index contributed by atoms with van der Waals surface area (Å²) in [7, 11) is 0. The van der Waals surface area contributed by atoms with Crippen molar-refractivity contribution in [2.45, 2.75) is 10.8 Å². The molecule has 27 aromatic rings. The highest BCUT2D eigenvalue weighted by Crippen LogP contribution is 2.65. The van der Waals surface area contributed by atoms with Crippen molar-refractivity contribution in [1.82, 2.24) is 22.8 Å². The number of aromatic nitrogens is 5. The molecule has 0 saturated carbocycles. The third-order valence-electron chi connectivity index (χ3n) is 30.6. The lowest BCUT2D eigenvalue weighted by atomic mass is 9.65. The second kappa shape index (κ2) is 32.9. The van der Waals surface area contributed by atoms with Gasteiger partial charge in [0.05, 0.1) is 77.4 Å². The van der Waals surface area contributed by atoms with Gasteiger partial charge in [0.1, 0.15) is 0 Å². The summed E-state index contributed by atoms with van der Waals surface area (Å²) in [5, 5.41) is 16.0. The van der Waals surface area contributed by atoms with E-state index in [0.717, 1.165) is 65.8 Å². The van der Waals surface area contributed by atoms with Crippen molar-refractivity contribution in [2.24, 2.45) is 0 Å². The van der Waals surface area contributed by atoms with Crippen LogP contribution in [0.2, 0.25) is 0 Å². The summed E-state index contributed by atoms with van der Waals surface area (Å²) in [5.41, 5.74) is 41.1. The highest BCUT2D eigenvalue weighted by Gasteiger charge is 2.54. The molecule has 0 fully saturated rings. The quantitative estimate of drug-likeness (QED) is 0.140. The smallest absolute Gasteiger partial charge is 0.0756 e. The molecular weight excluding hydrogens is 1880 g/mol. The molecule has 0 atom stereocenters. The Balaban J connectivity index is 0.000000132. The first-order valence-corrected chi connectivity index (χ1v) is 50.8. The number of rotatable bonds is 11. The van der Waals surface area contributed by atoms with Gasteiger partial charge in [0.2, 0.25) is 0 Å². The number of nitrogens with one attached hydrogen (secondary N) is 1. The predicted molar refractivity (Wildman–Crippen MR) is 607 cm³/mol. The molecule has 0 amide bonds. The van der Waals surface area contributed by atoms with Gasteiger partial charge < -0.3 is 38.0 Å². The van der Waals surface area contributed by atoms with Crippen LogP contribution in [0.3, 0.4) is 0 Å². The summed E-state index contributed by atoms with van der Waals surface area (Å²) in [4.78, 5) is 4.93. The number of fused-ring (bicyclic) bond motifs is 33. The van der Waals surface area contributed by atoms with Crippen molar-refractivity contribution in [3.8, 4) is 50.7 Å². The molecule has 1 N–H and O–H groups in total. The van der Waals surface area contributed by atoms with E-state index in [-0.39, 0.29) is 0 Å². The molecule has 676 valence electrons. The first kappa shape index (κ1) is 83.2. The minimum absolute atomic E-state index is 0.390. The third-order valence-corrected chi connectivity index (χ3v) is 31.6. The van der Waals surface area contributed by atoms with Gasteiger partial charge in [-0.25, -0.2) is 0 Å². The van der Waals surface area contributed by atoms with Crippen LogP contribution < -0.4 is 15.1 Å². The van der Waals surface area contributed by atoms with Gasteiger partial charge in [-0.3, -0.25) is 0 Å². The van der Waals surface area contributed by atoms with Crippen LogP contribution in [-0.2, 0) is 10.8 Å². The zero-order chi connectivity index (χ0) is 95.0. The molecule has 22 aromatic carbocycles. The molecule has 0 radical (unpaired) electrons. The fraction of sp³-hybridized carbons (Fsp3) is 0.0149. The van der Waals surface area contributed by atoms with Crippen LogP contribution in [0.1, 0.15) is 44.5 Å². The largest absolute Gasteiger partial charge is 0.356 e. The standard InChI is InChI=1S/C79H51N5.C31H17Br2N.C24H18N2/c1-5-22-52(23-6-1)80(56-42-46-75-66(48-56)63-31-14-17-36-72(63)82(75)54-26-9-3-10-27-54)58-40-44-60-61-45-41-59(81(53-24-7-2-8-25-53)57-43-47-76-67(49-57)64-32-15-18-37-73(64)83(76)55-28-11-4-12-29-55)51-71(61)79(70(60)50-58)68-34-16-20-39-77(68)84-74-38-19-13-30-62(74)65-33-21-35-69(79)78(65)84;32-18-12-14-20-21-15-13-19(33)17-27(21)31(26(20)16-18)24-8-2-4-11-29(24)34-28-10-3-1-6-22(28)23-7-5-9-25(31)30(23)34;1-3-9-18(10-4-1)25-19-15-16-24-22(17-19)21-13-7-8-14-23(21)26(24)20-11-5-2-6-12-20/h1-51H;1-17H;1-17,25H. The molecule has 8 nitrogen and oxygen atoms in total. The molecule has 0 saturated heterocycles. The minimum atomic E-state index is -0.748. The second-order valence-electron chi connectivity index (χ2n) is 38.0. The van der Waals surface area contributed by atoms with Crippen molar-refractivity contribution < 1.29 is 0 Å². The molecule has 31 rings (SSSR count). The second-order valence-corrected chi connectivity index (χ2v) is 39.8. The number of halogens is 2. The average molecular weight is 1970 g/mol. The monoisotopic (exact) mass is 1960 g/mol. The van der Waals surface area contributed by atoms with E-state index in [2.05, 4.69) is 567 Å². The summed E-state index contributed by atoms with van der Waals surface area (Å²) < 4.78 is 14.4. The Kier molecular flexibility index (Phi) is 19.0. The molecule has 2 aliphatic heterocycles. The number of hydrogen-bond acceptors (Lipinski definition) is 3. The fourth-order valence-corrected chi connectivity index (χ4v) is 25.7. The molecule has 0 unspecified atom stereocenters. The van der Waals surface area contributed by atoms with Crippen LogP contribution in [0.5, 0.6) is 0 Å². The Labute approximate surface area is 848 Å². The zero-order valence-electron chi connectivity index (χ0n) is 78.0. The van der Waals surface area contributed by atoms with Gasteiger partial charge in [0, 0.05) is 125 Å². The maximum absolute atomic E-state index is 3.80. The highest BCUT2D eigenvalue weighted by atomic mass is 79.9. The van der Waals surface area contributed by atoms with Crippen LogP contribution in [0.25, 0.3) is 160 Å². The lowest BCUT2D eigenvalue weighted by Gasteiger charge is -2.40. The Morgan fingerprint density at radius 2 is 0.451 bits per heavy atom. The topological polar surface area (TPSA) is 43.2 Å². The maximum atomic E-state index is 3.80. The van der Waals surface area contributed by atoms with Crippen molar-refractivity contribution in [2.75, 3.05) is 15.1 Å². The summed E-state index contributed by atoms with van der Waals surface area (Å²) >= 11 is 7.59. The van der Waals surface area contributed by atoms with Crippen LogP contribution in [0.15, 0.2) is 525 Å². The van der Waals surface area contributed by atoms with Gasteiger partial charge in [-0.1, -0.05) is 329 Å². The summed E-state index contributed by atoms with van der Waals surface area (Å²) in [6, 6.07) is 189. The number of benzene rings is 22. The van der Waals surface area contributed by atoms with Gasteiger partial charge in [-0.2, -0.15) is 0 Å². The van der Waals surface area contributed by atoms with E-state index in [1.165, 1.54) is 193 Å². The summed E-state index contributed by atoms with van der Waals surface area (Å²) in [6.07, 6.45) is 0. The summed E-state index contributed by atoms with van der Waals surface area (Å²) in [6.45, 7) is 0. The minimum Gasteiger partial charge on any atom is -0.356 e. The highest BCUT2D eigenvalue weighted by molar-refractivity contribution is 9.10. The molecule has 0 bridgehead atoms. The Hall–Kier alpha value is -17.8.